The first-order chi connectivity index (χ1) is 8.74. The number of amides is 2. The highest BCUT2D eigenvalue weighted by atomic mass is 19.4. The summed E-state index contributed by atoms with van der Waals surface area (Å²) >= 11 is 0. The summed E-state index contributed by atoms with van der Waals surface area (Å²) in [5.41, 5.74) is 0.202. The number of carbonyl (C=O) groups is 2. The third kappa shape index (κ3) is 4.16. The molecular formula is C11H11F3N2O3. The number of anilines is 2. The predicted octanol–water partition coefficient (Wildman–Crippen LogP) is 2.15. The van der Waals surface area contributed by atoms with Crippen molar-refractivity contribution in [2.45, 2.75) is 13.1 Å². The second kappa shape index (κ2) is 5.59. The fourth-order valence-corrected chi connectivity index (χ4v) is 1.26. The monoisotopic (exact) mass is 276 g/mol. The normalized spacial score (nSPS) is 10.8. The number of benzene rings is 1. The molecule has 0 saturated heterocycles. The maximum Gasteiger partial charge on any atom is 0.471 e. The Hall–Kier alpha value is -2.25. The Morgan fingerprint density at radius 2 is 1.84 bits per heavy atom. The van der Waals surface area contributed by atoms with Crippen molar-refractivity contribution in [3.63, 3.8) is 0 Å². The fourth-order valence-electron chi connectivity index (χ4n) is 1.26. The molecule has 0 radical (unpaired) electrons. The van der Waals surface area contributed by atoms with Crippen LogP contribution in [0.4, 0.5) is 24.5 Å². The quantitative estimate of drug-likeness (QED) is 0.889. The molecule has 0 aromatic heterocycles. The van der Waals surface area contributed by atoms with Crippen molar-refractivity contribution >= 4 is 23.2 Å². The van der Waals surface area contributed by atoms with Crippen LogP contribution in [-0.2, 0) is 9.59 Å². The van der Waals surface area contributed by atoms with E-state index in [9.17, 15) is 22.8 Å². The zero-order valence-electron chi connectivity index (χ0n) is 10.1. The van der Waals surface area contributed by atoms with Crippen LogP contribution >= 0.6 is 0 Å². The SMILES string of the molecule is COc1cc(NC(=O)C(F)(F)F)ccc1NC(C)=O. The van der Waals surface area contributed by atoms with Gasteiger partial charge in [-0.2, -0.15) is 13.2 Å². The van der Waals surface area contributed by atoms with Gasteiger partial charge >= 0.3 is 12.1 Å². The van der Waals surface area contributed by atoms with Crippen LogP contribution in [0.2, 0.25) is 0 Å². The molecule has 0 bridgehead atoms. The number of nitrogens with one attached hydrogen (secondary N) is 2. The van der Waals surface area contributed by atoms with E-state index in [1.54, 1.807) is 5.32 Å². The molecule has 0 aliphatic rings. The van der Waals surface area contributed by atoms with Gasteiger partial charge in [-0.3, -0.25) is 9.59 Å². The molecule has 19 heavy (non-hydrogen) atoms. The first kappa shape index (κ1) is 14.8. The highest BCUT2D eigenvalue weighted by Gasteiger charge is 2.38. The third-order valence-corrected chi connectivity index (χ3v) is 2.03. The Labute approximate surface area is 106 Å². The number of hydrogen-bond donors (Lipinski definition) is 2. The van der Waals surface area contributed by atoms with Gasteiger partial charge in [0.25, 0.3) is 0 Å². The summed E-state index contributed by atoms with van der Waals surface area (Å²) in [5.74, 6) is -2.30. The Morgan fingerprint density at radius 1 is 1.21 bits per heavy atom. The number of halogens is 3. The first-order valence-corrected chi connectivity index (χ1v) is 5.08. The largest absolute Gasteiger partial charge is 0.494 e. The Bertz CT molecular complexity index is 500. The molecule has 2 N–H and O–H groups in total. The zero-order valence-corrected chi connectivity index (χ0v) is 10.1. The minimum atomic E-state index is -4.97. The van der Waals surface area contributed by atoms with E-state index in [0.29, 0.717) is 5.69 Å². The van der Waals surface area contributed by atoms with E-state index >= 15 is 0 Å². The van der Waals surface area contributed by atoms with E-state index in [1.807, 2.05) is 0 Å². The van der Waals surface area contributed by atoms with Crippen molar-refractivity contribution in [3.05, 3.63) is 18.2 Å². The second-order valence-corrected chi connectivity index (χ2v) is 3.55. The molecule has 0 atom stereocenters. The van der Waals surface area contributed by atoms with Gasteiger partial charge in [0.15, 0.2) is 0 Å². The number of ether oxygens (including phenoxy) is 1. The van der Waals surface area contributed by atoms with E-state index in [2.05, 4.69) is 5.32 Å². The van der Waals surface area contributed by atoms with Gasteiger partial charge in [-0.25, -0.2) is 0 Å². The van der Waals surface area contributed by atoms with Gasteiger partial charge in [0.05, 0.1) is 12.8 Å². The second-order valence-electron chi connectivity index (χ2n) is 3.55. The van der Waals surface area contributed by atoms with Crippen LogP contribution in [0.3, 0.4) is 0 Å². The maximum absolute atomic E-state index is 12.1. The molecule has 1 rings (SSSR count). The number of methoxy groups -OCH3 is 1. The van der Waals surface area contributed by atoms with Crippen LogP contribution in [0, 0.1) is 0 Å². The Morgan fingerprint density at radius 3 is 2.32 bits per heavy atom. The van der Waals surface area contributed by atoms with Gasteiger partial charge in [-0.05, 0) is 12.1 Å². The molecule has 0 saturated carbocycles. The Balaban J connectivity index is 2.94. The highest BCUT2D eigenvalue weighted by Crippen LogP contribution is 2.28. The summed E-state index contributed by atoms with van der Waals surface area (Å²) in [6.07, 6.45) is -4.97. The summed E-state index contributed by atoms with van der Waals surface area (Å²) in [6, 6.07) is 3.72. The molecule has 2 amide bonds. The first-order valence-electron chi connectivity index (χ1n) is 5.08. The molecule has 0 spiro atoms. The number of rotatable bonds is 3. The molecule has 0 aliphatic heterocycles. The molecule has 8 heteroatoms. The maximum atomic E-state index is 12.1. The lowest BCUT2D eigenvalue weighted by Gasteiger charge is -2.12. The highest BCUT2D eigenvalue weighted by molar-refractivity contribution is 5.96. The van der Waals surface area contributed by atoms with Gasteiger partial charge in [0.2, 0.25) is 5.91 Å². The molecular weight excluding hydrogens is 265 g/mol. The standard InChI is InChI=1S/C11H11F3N2O3/c1-6(17)15-8-4-3-7(5-9(8)19-2)16-10(18)11(12,13)14/h3-5H,1-2H3,(H,15,17)(H,16,18). The average Bonchev–Trinajstić information content (AvgIpc) is 2.29. The summed E-state index contributed by atoms with van der Waals surface area (Å²) in [5, 5.41) is 4.12. The molecule has 0 aliphatic carbocycles. The van der Waals surface area contributed by atoms with Gasteiger partial charge in [-0.1, -0.05) is 0 Å². The molecule has 0 fully saturated rings. The molecule has 104 valence electrons. The zero-order chi connectivity index (χ0) is 14.6. The minimum absolute atomic E-state index is 0.0896. The van der Waals surface area contributed by atoms with Crippen molar-refractivity contribution in [1.29, 1.82) is 0 Å². The van der Waals surface area contributed by atoms with E-state index in [0.717, 1.165) is 0 Å². The molecule has 1 aromatic rings. The van der Waals surface area contributed by atoms with Crippen LogP contribution < -0.4 is 15.4 Å². The lowest BCUT2D eigenvalue weighted by Crippen LogP contribution is -2.29. The lowest BCUT2D eigenvalue weighted by atomic mass is 10.2. The van der Waals surface area contributed by atoms with Crippen molar-refractivity contribution < 1.29 is 27.5 Å². The lowest BCUT2D eigenvalue weighted by molar-refractivity contribution is -0.167. The van der Waals surface area contributed by atoms with Crippen LogP contribution in [-0.4, -0.2) is 25.1 Å². The molecule has 1 aromatic carbocycles. The van der Waals surface area contributed by atoms with Crippen LogP contribution in [0.5, 0.6) is 5.75 Å². The van der Waals surface area contributed by atoms with Gasteiger partial charge < -0.3 is 15.4 Å². The van der Waals surface area contributed by atoms with Crippen LogP contribution in [0.1, 0.15) is 6.92 Å². The molecule has 0 unspecified atom stereocenters. The summed E-state index contributed by atoms with van der Waals surface area (Å²) in [6.45, 7) is 1.28. The van der Waals surface area contributed by atoms with Crippen molar-refractivity contribution in [2.24, 2.45) is 0 Å². The van der Waals surface area contributed by atoms with E-state index < -0.39 is 12.1 Å². The molecule has 0 heterocycles. The smallest absolute Gasteiger partial charge is 0.471 e. The number of carbonyl (C=O) groups excluding carboxylic acids is 2. The average molecular weight is 276 g/mol. The summed E-state index contributed by atoms with van der Waals surface area (Å²) in [4.78, 5) is 21.6. The fraction of sp³-hybridized carbons (Fsp3) is 0.273. The van der Waals surface area contributed by atoms with E-state index in [-0.39, 0.29) is 17.3 Å². The van der Waals surface area contributed by atoms with E-state index in [4.69, 9.17) is 4.74 Å². The van der Waals surface area contributed by atoms with Gasteiger partial charge in [0, 0.05) is 18.7 Å². The van der Waals surface area contributed by atoms with Crippen molar-refractivity contribution in [2.75, 3.05) is 17.7 Å². The van der Waals surface area contributed by atoms with E-state index in [1.165, 1.54) is 32.2 Å². The third-order valence-electron chi connectivity index (χ3n) is 2.03. The topological polar surface area (TPSA) is 67.4 Å². The minimum Gasteiger partial charge on any atom is -0.494 e. The van der Waals surface area contributed by atoms with Crippen molar-refractivity contribution in [1.82, 2.24) is 0 Å². The van der Waals surface area contributed by atoms with Crippen molar-refractivity contribution in [3.8, 4) is 5.75 Å². The molecule has 5 nitrogen and oxygen atoms in total. The van der Waals surface area contributed by atoms with Crippen LogP contribution in [0.25, 0.3) is 0 Å². The van der Waals surface area contributed by atoms with Gasteiger partial charge in [0.1, 0.15) is 5.75 Å². The predicted molar refractivity (Wildman–Crippen MR) is 62.0 cm³/mol. The Kier molecular flexibility index (Phi) is 4.36. The summed E-state index contributed by atoms with van der Waals surface area (Å²) < 4.78 is 41.1. The van der Waals surface area contributed by atoms with Gasteiger partial charge in [-0.15, -0.1) is 0 Å². The number of alkyl halides is 3. The number of hydrogen-bond acceptors (Lipinski definition) is 3. The van der Waals surface area contributed by atoms with Crippen LogP contribution in [0.15, 0.2) is 18.2 Å². The summed E-state index contributed by atoms with van der Waals surface area (Å²) in [7, 11) is 1.29.